The second-order valence-electron chi connectivity index (χ2n) is 6.39. The van der Waals surface area contributed by atoms with Crippen molar-refractivity contribution >= 4 is 11.9 Å². The lowest BCUT2D eigenvalue weighted by atomic mass is 9.59. The Labute approximate surface area is 132 Å². The fourth-order valence-electron chi connectivity index (χ4n) is 3.79. The quantitative estimate of drug-likeness (QED) is 0.848. The molecule has 1 aromatic carbocycles. The number of ether oxygens (including phenoxy) is 1. The van der Waals surface area contributed by atoms with Crippen molar-refractivity contribution in [3.05, 3.63) is 35.9 Å². The zero-order valence-electron chi connectivity index (χ0n) is 12.6. The Morgan fingerprint density at radius 3 is 2.78 bits per heavy atom. The Kier molecular flexibility index (Phi) is 2.92. The van der Waals surface area contributed by atoms with Crippen LogP contribution in [0.4, 0.5) is 5.95 Å². The normalized spacial score (nSPS) is 31.6. The Bertz CT molecular complexity index is 739. The molecule has 2 aromatic rings. The minimum Gasteiger partial charge on any atom is -0.481 e. The maximum absolute atomic E-state index is 11.8. The zero-order chi connectivity index (χ0) is 16.1. The zero-order valence-corrected chi connectivity index (χ0v) is 12.6. The second kappa shape index (κ2) is 4.76. The maximum Gasteiger partial charge on any atom is 0.312 e. The fraction of sp³-hybridized carbons (Fsp3) is 0.467. The number of benzene rings is 1. The van der Waals surface area contributed by atoms with Gasteiger partial charge in [-0.25, -0.2) is 4.68 Å². The summed E-state index contributed by atoms with van der Waals surface area (Å²) in [7, 11) is 1.74. The molecule has 0 amide bonds. The molecular formula is C15H17N5O3. The lowest BCUT2D eigenvalue weighted by molar-refractivity contribution is -0.154. The predicted octanol–water partition coefficient (Wildman–Crippen LogP) is 0.997. The van der Waals surface area contributed by atoms with Gasteiger partial charge in [0.25, 0.3) is 0 Å². The van der Waals surface area contributed by atoms with Crippen LogP contribution in [0.15, 0.2) is 30.3 Å². The average Bonchev–Trinajstić information content (AvgIpc) is 3.16. The minimum absolute atomic E-state index is 0.416. The number of aliphatic carboxylic acids is 1. The fourth-order valence-corrected chi connectivity index (χ4v) is 3.79. The van der Waals surface area contributed by atoms with Crippen LogP contribution in [0.1, 0.15) is 24.5 Å². The van der Waals surface area contributed by atoms with Gasteiger partial charge in [-0.1, -0.05) is 35.4 Å². The number of tetrazole rings is 1. The van der Waals surface area contributed by atoms with Gasteiger partial charge in [-0.05, 0) is 28.8 Å². The Morgan fingerprint density at radius 1 is 1.43 bits per heavy atom. The van der Waals surface area contributed by atoms with Crippen molar-refractivity contribution in [3.8, 4) is 0 Å². The summed E-state index contributed by atoms with van der Waals surface area (Å²) in [6.45, 7) is 0.486. The third-order valence-electron chi connectivity index (χ3n) is 4.86. The van der Waals surface area contributed by atoms with Crippen LogP contribution in [-0.2, 0) is 16.6 Å². The summed E-state index contributed by atoms with van der Waals surface area (Å²) < 4.78 is 7.72. The summed E-state index contributed by atoms with van der Waals surface area (Å²) in [6.07, 6.45) is 0.570. The SMILES string of the molecule is Cn1nnnc1NCC12CC(C(=O)O)(C1)C(c1ccccc1)O2. The molecule has 3 aliphatic rings. The highest BCUT2D eigenvalue weighted by molar-refractivity contribution is 5.79. The van der Waals surface area contributed by atoms with Crippen LogP contribution in [0.2, 0.25) is 0 Å². The molecule has 3 fully saturated rings. The van der Waals surface area contributed by atoms with Gasteiger partial charge in [0, 0.05) is 13.6 Å². The predicted molar refractivity (Wildman–Crippen MR) is 79.6 cm³/mol. The van der Waals surface area contributed by atoms with Crippen LogP contribution in [0.25, 0.3) is 0 Å². The maximum atomic E-state index is 11.8. The summed E-state index contributed by atoms with van der Waals surface area (Å²) in [5.74, 6) is -0.251. The summed E-state index contributed by atoms with van der Waals surface area (Å²) in [4.78, 5) is 11.8. The van der Waals surface area contributed by atoms with Gasteiger partial charge < -0.3 is 15.2 Å². The Balaban J connectivity index is 1.55. The smallest absolute Gasteiger partial charge is 0.312 e. The lowest BCUT2D eigenvalue weighted by Crippen LogP contribution is -2.52. The van der Waals surface area contributed by atoms with Gasteiger partial charge in [-0.2, -0.15) is 0 Å². The Morgan fingerprint density at radius 2 is 2.17 bits per heavy atom. The van der Waals surface area contributed by atoms with Crippen LogP contribution >= 0.6 is 0 Å². The molecule has 8 heteroatoms. The average molecular weight is 315 g/mol. The number of aryl methyl sites for hydroxylation is 1. The number of aromatic nitrogens is 4. The molecular weight excluding hydrogens is 298 g/mol. The molecule has 0 radical (unpaired) electrons. The number of hydrogen-bond acceptors (Lipinski definition) is 6. The lowest BCUT2D eigenvalue weighted by Gasteiger charge is -2.42. The first kappa shape index (κ1) is 14.1. The number of nitrogens with zero attached hydrogens (tertiary/aromatic N) is 4. The van der Waals surface area contributed by atoms with Crippen molar-refractivity contribution in [3.63, 3.8) is 0 Å². The summed E-state index contributed by atoms with van der Waals surface area (Å²) in [5.41, 5.74) is -0.402. The molecule has 1 unspecified atom stereocenters. The highest BCUT2D eigenvalue weighted by Crippen LogP contribution is 2.67. The van der Waals surface area contributed by atoms with Gasteiger partial charge in [0.1, 0.15) is 5.41 Å². The van der Waals surface area contributed by atoms with Crippen LogP contribution in [0, 0.1) is 5.41 Å². The summed E-state index contributed by atoms with van der Waals surface area (Å²) >= 11 is 0. The molecule has 5 rings (SSSR count). The van der Waals surface area contributed by atoms with E-state index in [1.807, 2.05) is 30.3 Å². The van der Waals surface area contributed by atoms with E-state index < -0.39 is 23.1 Å². The van der Waals surface area contributed by atoms with Crippen LogP contribution in [-0.4, -0.2) is 43.4 Å². The van der Waals surface area contributed by atoms with E-state index in [1.165, 1.54) is 4.68 Å². The molecule has 2 bridgehead atoms. The molecule has 0 spiro atoms. The van der Waals surface area contributed by atoms with E-state index in [4.69, 9.17) is 4.74 Å². The van der Waals surface area contributed by atoms with Gasteiger partial charge in [0.05, 0.1) is 11.7 Å². The number of carbonyl (C=O) groups is 1. The first-order valence-electron chi connectivity index (χ1n) is 7.47. The standard InChI is InChI=1S/C15H17N5O3/c1-20-13(17-18-19-20)16-9-14-7-15(8-14,12(21)22)11(23-14)10-5-3-2-4-6-10/h2-6,11H,7-9H2,1H3,(H,21,22)(H,16,17,19). The van der Waals surface area contributed by atoms with Crippen molar-refractivity contribution < 1.29 is 14.6 Å². The van der Waals surface area contributed by atoms with Gasteiger partial charge in [-0.3, -0.25) is 4.79 Å². The van der Waals surface area contributed by atoms with Crippen molar-refractivity contribution in [1.82, 2.24) is 20.2 Å². The van der Waals surface area contributed by atoms with E-state index in [2.05, 4.69) is 20.8 Å². The monoisotopic (exact) mass is 315 g/mol. The van der Waals surface area contributed by atoms with Crippen molar-refractivity contribution in [2.45, 2.75) is 24.5 Å². The molecule has 3 heterocycles. The molecule has 1 atom stereocenters. The topological polar surface area (TPSA) is 102 Å². The Hall–Kier alpha value is -2.48. The third kappa shape index (κ3) is 2.02. The van der Waals surface area contributed by atoms with E-state index >= 15 is 0 Å². The summed E-state index contributed by atoms with van der Waals surface area (Å²) in [5, 5.41) is 24.1. The minimum atomic E-state index is -0.832. The number of nitrogens with one attached hydrogen (secondary N) is 1. The highest BCUT2D eigenvalue weighted by atomic mass is 16.5. The van der Waals surface area contributed by atoms with Gasteiger partial charge in [0.2, 0.25) is 5.95 Å². The highest BCUT2D eigenvalue weighted by Gasteiger charge is 2.71. The largest absolute Gasteiger partial charge is 0.481 e. The van der Waals surface area contributed by atoms with Crippen molar-refractivity contribution in [1.29, 1.82) is 0 Å². The second-order valence-corrected chi connectivity index (χ2v) is 6.39. The van der Waals surface area contributed by atoms with Crippen LogP contribution in [0.5, 0.6) is 0 Å². The van der Waals surface area contributed by atoms with E-state index in [1.54, 1.807) is 7.05 Å². The van der Waals surface area contributed by atoms with Crippen molar-refractivity contribution in [2.75, 3.05) is 11.9 Å². The van der Waals surface area contributed by atoms with Crippen molar-refractivity contribution in [2.24, 2.45) is 12.5 Å². The molecule has 1 saturated carbocycles. The third-order valence-corrected chi connectivity index (χ3v) is 4.86. The van der Waals surface area contributed by atoms with E-state index in [0.29, 0.717) is 25.3 Å². The molecule has 120 valence electrons. The number of anilines is 1. The van der Waals surface area contributed by atoms with Gasteiger partial charge in [-0.15, -0.1) is 0 Å². The molecule has 2 aliphatic heterocycles. The molecule has 2 saturated heterocycles. The first-order chi connectivity index (χ1) is 11.0. The number of fused-ring (bicyclic) bond motifs is 1. The van der Waals surface area contributed by atoms with E-state index in [9.17, 15) is 9.90 Å². The molecule has 1 aliphatic carbocycles. The number of carboxylic acids is 1. The molecule has 8 nitrogen and oxygen atoms in total. The molecule has 23 heavy (non-hydrogen) atoms. The van der Waals surface area contributed by atoms with Gasteiger partial charge >= 0.3 is 5.97 Å². The summed E-state index contributed by atoms with van der Waals surface area (Å²) in [6, 6.07) is 9.56. The first-order valence-corrected chi connectivity index (χ1v) is 7.47. The molecule has 2 N–H and O–H groups in total. The van der Waals surface area contributed by atoms with E-state index in [-0.39, 0.29) is 0 Å². The van der Waals surface area contributed by atoms with Gasteiger partial charge in [0.15, 0.2) is 0 Å². The van der Waals surface area contributed by atoms with Crippen LogP contribution in [0.3, 0.4) is 0 Å². The van der Waals surface area contributed by atoms with Crippen LogP contribution < -0.4 is 5.32 Å². The van der Waals surface area contributed by atoms with E-state index in [0.717, 1.165) is 5.56 Å². The number of hydrogen-bond donors (Lipinski definition) is 2. The number of rotatable bonds is 5. The number of carboxylic acid groups (broad SMARTS) is 1. The molecule has 1 aromatic heterocycles.